The van der Waals surface area contributed by atoms with Crippen molar-refractivity contribution >= 4 is 0 Å². The van der Waals surface area contributed by atoms with Gasteiger partial charge < -0.3 is 4.74 Å². The van der Waals surface area contributed by atoms with E-state index in [-0.39, 0.29) is 0 Å². The first kappa shape index (κ1) is 8.60. The lowest BCUT2D eigenvalue weighted by molar-refractivity contribution is 0.147. The number of likely N-dealkylation sites (N-methyl/N-ethyl adjacent to an activating group) is 1. The Morgan fingerprint density at radius 3 is 3.18 bits per heavy atom. The van der Waals surface area contributed by atoms with E-state index in [1.165, 1.54) is 25.6 Å². The smallest absolute Gasteiger partial charge is 0.103 e. The van der Waals surface area contributed by atoms with Gasteiger partial charge in [0, 0.05) is 6.04 Å². The monoisotopic (exact) mass is 155 g/mol. The van der Waals surface area contributed by atoms with Gasteiger partial charge in [0.15, 0.2) is 0 Å². The molecule has 2 heteroatoms. The molecule has 0 aromatic heterocycles. The van der Waals surface area contributed by atoms with Gasteiger partial charge in [-0.05, 0) is 25.9 Å². The van der Waals surface area contributed by atoms with Gasteiger partial charge in [0.2, 0.25) is 0 Å². The fraction of sp³-hybridized carbons (Fsp3) is 0.778. The van der Waals surface area contributed by atoms with Gasteiger partial charge in [-0.15, -0.1) is 0 Å². The van der Waals surface area contributed by atoms with Crippen molar-refractivity contribution < 1.29 is 4.74 Å². The van der Waals surface area contributed by atoms with E-state index in [1.54, 1.807) is 0 Å². The molecule has 0 bridgehead atoms. The van der Waals surface area contributed by atoms with Crippen LogP contribution >= 0.6 is 0 Å². The summed E-state index contributed by atoms with van der Waals surface area (Å²) < 4.78 is 5.17. The molecule has 0 saturated carbocycles. The average Bonchev–Trinajstić information content (AvgIpc) is 2.47. The Hall–Kier alpha value is -0.500. The molecule has 1 aliphatic heterocycles. The van der Waals surface area contributed by atoms with Gasteiger partial charge in [0.05, 0.1) is 6.26 Å². The van der Waals surface area contributed by atoms with Crippen LogP contribution in [0.2, 0.25) is 0 Å². The van der Waals surface area contributed by atoms with Crippen LogP contribution in [0.15, 0.2) is 12.8 Å². The highest BCUT2D eigenvalue weighted by Gasteiger charge is 2.22. The van der Waals surface area contributed by atoms with Crippen molar-refractivity contribution in [2.75, 3.05) is 19.7 Å². The van der Waals surface area contributed by atoms with Crippen LogP contribution in [0.4, 0.5) is 0 Å². The topological polar surface area (TPSA) is 12.5 Å². The molecule has 64 valence electrons. The number of nitrogens with zero attached hydrogens (tertiary/aromatic N) is 1. The molecule has 1 fully saturated rings. The van der Waals surface area contributed by atoms with Crippen LogP contribution in [0.3, 0.4) is 0 Å². The maximum absolute atomic E-state index is 5.17. The molecule has 11 heavy (non-hydrogen) atoms. The zero-order valence-electron chi connectivity index (χ0n) is 7.25. The lowest BCUT2D eigenvalue weighted by Crippen LogP contribution is -2.32. The number of hydrogen-bond acceptors (Lipinski definition) is 2. The van der Waals surface area contributed by atoms with E-state index >= 15 is 0 Å². The molecule has 1 aliphatic rings. The summed E-state index contributed by atoms with van der Waals surface area (Å²) in [5.74, 6) is 0. The minimum atomic E-state index is 0.637. The Morgan fingerprint density at radius 2 is 2.55 bits per heavy atom. The summed E-state index contributed by atoms with van der Waals surface area (Å²) in [7, 11) is 0. The molecule has 0 N–H and O–H groups in total. The summed E-state index contributed by atoms with van der Waals surface area (Å²) in [5, 5.41) is 0. The highest BCUT2D eigenvalue weighted by Crippen LogP contribution is 2.16. The zero-order valence-corrected chi connectivity index (χ0v) is 7.25. The Labute approximate surface area is 68.8 Å². The van der Waals surface area contributed by atoms with Gasteiger partial charge in [-0.1, -0.05) is 13.5 Å². The molecule has 2 nitrogen and oxygen atoms in total. The van der Waals surface area contributed by atoms with Crippen LogP contribution in [0.25, 0.3) is 0 Å². The van der Waals surface area contributed by atoms with E-state index in [9.17, 15) is 0 Å². The lowest BCUT2D eigenvalue weighted by Gasteiger charge is -2.21. The third-order valence-corrected chi connectivity index (χ3v) is 2.31. The van der Waals surface area contributed by atoms with Gasteiger partial charge in [0.1, 0.15) is 6.61 Å². The predicted octanol–water partition coefficient (Wildman–Crippen LogP) is 1.63. The molecular weight excluding hydrogens is 138 g/mol. The summed E-state index contributed by atoms with van der Waals surface area (Å²) in [4.78, 5) is 2.46. The van der Waals surface area contributed by atoms with Crippen molar-refractivity contribution in [3.8, 4) is 0 Å². The van der Waals surface area contributed by atoms with Crippen molar-refractivity contribution in [2.45, 2.75) is 25.8 Å². The van der Waals surface area contributed by atoms with E-state index in [2.05, 4.69) is 18.4 Å². The lowest BCUT2D eigenvalue weighted by atomic mass is 10.2. The highest BCUT2D eigenvalue weighted by molar-refractivity contribution is 4.78. The molecule has 1 unspecified atom stereocenters. The summed E-state index contributed by atoms with van der Waals surface area (Å²) >= 11 is 0. The van der Waals surface area contributed by atoms with Crippen LogP contribution in [-0.4, -0.2) is 30.6 Å². The van der Waals surface area contributed by atoms with Crippen LogP contribution in [0.1, 0.15) is 19.8 Å². The minimum absolute atomic E-state index is 0.637. The fourth-order valence-corrected chi connectivity index (χ4v) is 1.68. The van der Waals surface area contributed by atoms with E-state index in [4.69, 9.17) is 4.74 Å². The van der Waals surface area contributed by atoms with Gasteiger partial charge in [-0.25, -0.2) is 0 Å². The first-order chi connectivity index (χ1) is 5.38. The standard InChI is InChI=1S/C9H17NO/c1-3-10-7-5-6-9(10)8-11-4-2/h4,9H,2-3,5-8H2,1H3. The number of hydrogen-bond donors (Lipinski definition) is 0. The van der Waals surface area contributed by atoms with E-state index in [0.717, 1.165) is 13.2 Å². The molecule has 0 aliphatic carbocycles. The average molecular weight is 155 g/mol. The third-order valence-electron chi connectivity index (χ3n) is 2.31. The van der Waals surface area contributed by atoms with Crippen LogP contribution in [-0.2, 0) is 4.74 Å². The molecule has 1 atom stereocenters. The third kappa shape index (κ3) is 2.22. The molecule has 0 amide bonds. The fourth-order valence-electron chi connectivity index (χ4n) is 1.68. The molecule has 1 heterocycles. The van der Waals surface area contributed by atoms with E-state index in [1.807, 2.05) is 0 Å². The molecule has 0 radical (unpaired) electrons. The van der Waals surface area contributed by atoms with Gasteiger partial charge in [-0.3, -0.25) is 4.90 Å². The molecule has 1 saturated heterocycles. The van der Waals surface area contributed by atoms with Gasteiger partial charge in [-0.2, -0.15) is 0 Å². The zero-order chi connectivity index (χ0) is 8.10. The quantitative estimate of drug-likeness (QED) is 0.572. The molecule has 1 rings (SSSR count). The number of rotatable bonds is 4. The summed E-state index contributed by atoms with van der Waals surface area (Å²) in [6.45, 7) is 8.93. The molecule has 0 spiro atoms. The summed E-state index contributed by atoms with van der Waals surface area (Å²) in [6, 6.07) is 0.637. The normalized spacial score (nSPS) is 25.4. The maximum Gasteiger partial charge on any atom is 0.103 e. The van der Waals surface area contributed by atoms with Crippen molar-refractivity contribution in [3.63, 3.8) is 0 Å². The Balaban J connectivity index is 2.25. The first-order valence-electron chi connectivity index (χ1n) is 4.35. The largest absolute Gasteiger partial charge is 0.500 e. The molecular formula is C9H17NO. The van der Waals surface area contributed by atoms with E-state index < -0.39 is 0 Å². The van der Waals surface area contributed by atoms with Crippen molar-refractivity contribution in [1.82, 2.24) is 4.90 Å². The minimum Gasteiger partial charge on any atom is -0.500 e. The Bertz CT molecular complexity index is 125. The Kier molecular flexibility index (Phi) is 3.43. The van der Waals surface area contributed by atoms with Gasteiger partial charge >= 0.3 is 0 Å². The SMILES string of the molecule is C=COCC1CCCN1CC. The summed E-state index contributed by atoms with van der Waals surface area (Å²) in [5.41, 5.74) is 0. The van der Waals surface area contributed by atoms with Crippen LogP contribution < -0.4 is 0 Å². The molecule has 0 aromatic carbocycles. The summed E-state index contributed by atoms with van der Waals surface area (Å²) in [6.07, 6.45) is 4.13. The number of likely N-dealkylation sites (tertiary alicyclic amines) is 1. The molecule has 0 aromatic rings. The second-order valence-corrected chi connectivity index (χ2v) is 2.92. The van der Waals surface area contributed by atoms with Crippen LogP contribution in [0, 0.1) is 0 Å². The second-order valence-electron chi connectivity index (χ2n) is 2.92. The second kappa shape index (κ2) is 4.39. The van der Waals surface area contributed by atoms with Crippen molar-refractivity contribution in [2.24, 2.45) is 0 Å². The highest BCUT2D eigenvalue weighted by atomic mass is 16.5. The van der Waals surface area contributed by atoms with Crippen molar-refractivity contribution in [1.29, 1.82) is 0 Å². The Morgan fingerprint density at radius 1 is 1.73 bits per heavy atom. The predicted molar refractivity (Wildman–Crippen MR) is 46.4 cm³/mol. The maximum atomic E-state index is 5.17. The van der Waals surface area contributed by atoms with E-state index in [0.29, 0.717) is 6.04 Å². The first-order valence-corrected chi connectivity index (χ1v) is 4.35. The number of ether oxygens (including phenoxy) is 1. The van der Waals surface area contributed by atoms with Crippen molar-refractivity contribution in [3.05, 3.63) is 12.8 Å². The van der Waals surface area contributed by atoms with Gasteiger partial charge in [0.25, 0.3) is 0 Å². The van der Waals surface area contributed by atoms with Crippen LogP contribution in [0.5, 0.6) is 0 Å².